The first-order valence-corrected chi connectivity index (χ1v) is 6.68. The van der Waals surface area contributed by atoms with Gasteiger partial charge in [-0.15, -0.1) is 0 Å². The van der Waals surface area contributed by atoms with E-state index >= 15 is 0 Å². The molecule has 0 aliphatic carbocycles. The van der Waals surface area contributed by atoms with Crippen molar-refractivity contribution in [1.29, 1.82) is 0 Å². The van der Waals surface area contributed by atoms with Gasteiger partial charge in [0.2, 0.25) is 6.35 Å². The van der Waals surface area contributed by atoms with Crippen LogP contribution >= 0.6 is 7.82 Å². The van der Waals surface area contributed by atoms with E-state index in [2.05, 4.69) is 0 Å². The van der Waals surface area contributed by atoms with E-state index in [0.717, 1.165) is 0 Å². The lowest BCUT2D eigenvalue weighted by Gasteiger charge is -2.29. The molecule has 0 radical (unpaired) electrons. The lowest BCUT2D eigenvalue weighted by molar-refractivity contribution is -0.0346. The smallest absolute Gasteiger partial charge is 0.337 e. The van der Waals surface area contributed by atoms with E-state index in [9.17, 15) is 4.57 Å². The largest absolute Gasteiger partial charge is 0.478 e. The molecule has 0 unspecified atom stereocenters. The molecule has 1 rings (SSSR count). The van der Waals surface area contributed by atoms with Gasteiger partial charge in [-0.25, -0.2) is 9.09 Å². The van der Waals surface area contributed by atoms with Crippen LogP contribution in [0, 0.1) is 0 Å². The van der Waals surface area contributed by atoms with Crippen molar-refractivity contribution in [3.63, 3.8) is 0 Å². The van der Waals surface area contributed by atoms with Crippen molar-refractivity contribution >= 4 is 7.82 Å². The van der Waals surface area contributed by atoms with Crippen LogP contribution in [0.2, 0.25) is 0 Å². The summed E-state index contributed by atoms with van der Waals surface area (Å²) in [6, 6.07) is 0. The fraction of sp³-hybridized carbons (Fsp3) is 0.778. The van der Waals surface area contributed by atoms with Crippen LogP contribution in [0.3, 0.4) is 0 Å². The first-order valence-electron chi connectivity index (χ1n) is 5.22. The maximum absolute atomic E-state index is 12.1. The Morgan fingerprint density at radius 2 is 1.56 bits per heavy atom. The summed E-state index contributed by atoms with van der Waals surface area (Å²) in [5, 5.41) is 0. The predicted molar refractivity (Wildman–Crippen MR) is 60.4 cm³/mol. The Morgan fingerprint density at radius 3 is 1.94 bits per heavy atom. The molecule has 7 heteroatoms. The molecule has 94 valence electrons. The molecule has 0 amide bonds. The minimum Gasteiger partial charge on any atom is -0.337 e. The van der Waals surface area contributed by atoms with Crippen molar-refractivity contribution in [2.45, 2.75) is 20.2 Å². The molecule has 0 aromatic rings. The summed E-state index contributed by atoms with van der Waals surface area (Å²) in [5.41, 5.74) is 0. The van der Waals surface area contributed by atoms with Crippen molar-refractivity contribution in [2.75, 3.05) is 27.3 Å². The van der Waals surface area contributed by atoms with Gasteiger partial charge in [-0.2, -0.15) is 0 Å². The summed E-state index contributed by atoms with van der Waals surface area (Å²) < 4.78 is 27.6. The topological polar surface area (TPSA) is 51.2 Å². The van der Waals surface area contributed by atoms with Gasteiger partial charge in [0, 0.05) is 26.5 Å². The minimum absolute atomic E-state index is 0.283. The molecule has 0 saturated carbocycles. The molecular formula is C9H19N2O4P. The molecule has 1 aliphatic rings. The molecule has 1 aliphatic heterocycles. The van der Waals surface area contributed by atoms with Crippen LogP contribution < -0.4 is 0 Å². The number of rotatable bonds is 6. The minimum atomic E-state index is -3.47. The van der Waals surface area contributed by atoms with Crippen LogP contribution in [-0.2, 0) is 18.1 Å². The van der Waals surface area contributed by atoms with Crippen LogP contribution in [0.15, 0.2) is 12.4 Å². The van der Waals surface area contributed by atoms with Gasteiger partial charge in [-0.3, -0.25) is 9.05 Å². The summed E-state index contributed by atoms with van der Waals surface area (Å²) in [6.45, 7) is 4.06. The highest BCUT2D eigenvalue weighted by molar-refractivity contribution is 7.48. The molecule has 1 heterocycles. The Morgan fingerprint density at radius 1 is 1.12 bits per heavy atom. The van der Waals surface area contributed by atoms with Crippen molar-refractivity contribution < 1.29 is 18.1 Å². The van der Waals surface area contributed by atoms with Crippen LogP contribution in [-0.4, -0.2) is 43.5 Å². The van der Waals surface area contributed by atoms with Gasteiger partial charge < -0.3 is 9.80 Å². The number of hydrogen-bond donors (Lipinski definition) is 0. The monoisotopic (exact) mass is 250 g/mol. The number of phosphoric ester groups is 1. The third-order valence-corrected chi connectivity index (χ3v) is 3.63. The highest BCUT2D eigenvalue weighted by Gasteiger charge is 2.34. The first-order chi connectivity index (χ1) is 7.52. The Labute approximate surface area is 96.4 Å². The Balaban J connectivity index is 2.65. The van der Waals surface area contributed by atoms with E-state index in [4.69, 9.17) is 13.6 Å². The van der Waals surface area contributed by atoms with Gasteiger partial charge in [0.25, 0.3) is 0 Å². The van der Waals surface area contributed by atoms with Gasteiger partial charge >= 0.3 is 7.82 Å². The molecule has 6 nitrogen and oxygen atoms in total. The van der Waals surface area contributed by atoms with Crippen molar-refractivity contribution in [1.82, 2.24) is 9.80 Å². The SMILES string of the molecule is CCOP(=O)(OCC)OC1N(C)C=CN1C. The van der Waals surface area contributed by atoms with Gasteiger partial charge in [0.05, 0.1) is 13.2 Å². The fourth-order valence-electron chi connectivity index (χ4n) is 1.32. The summed E-state index contributed by atoms with van der Waals surface area (Å²) in [5.74, 6) is 0. The van der Waals surface area contributed by atoms with Gasteiger partial charge in [0.15, 0.2) is 0 Å². The Hall–Kier alpha value is -0.550. The van der Waals surface area contributed by atoms with Crippen LogP contribution in [0.5, 0.6) is 0 Å². The molecule has 0 spiro atoms. The van der Waals surface area contributed by atoms with Crippen LogP contribution in [0.4, 0.5) is 0 Å². The van der Waals surface area contributed by atoms with Crippen LogP contribution in [0.25, 0.3) is 0 Å². The van der Waals surface area contributed by atoms with Gasteiger partial charge in [-0.05, 0) is 13.8 Å². The maximum atomic E-state index is 12.1. The van der Waals surface area contributed by atoms with Gasteiger partial charge in [-0.1, -0.05) is 0 Å². The molecule has 16 heavy (non-hydrogen) atoms. The standard InChI is InChI=1S/C9H19N2O4P/c1-5-13-16(12,14-6-2)15-9-10(3)7-8-11(9)4/h7-9H,5-6H2,1-4H3. The van der Waals surface area contributed by atoms with E-state index in [1.54, 1.807) is 23.6 Å². The zero-order valence-electron chi connectivity index (χ0n) is 10.1. The average molecular weight is 250 g/mol. The second-order valence-electron chi connectivity index (χ2n) is 3.34. The lowest BCUT2D eigenvalue weighted by Crippen LogP contribution is -2.36. The summed E-state index contributed by atoms with van der Waals surface area (Å²) in [6.07, 6.45) is 3.20. The van der Waals surface area contributed by atoms with E-state index in [0.29, 0.717) is 0 Å². The normalized spacial score (nSPS) is 17.5. The quantitative estimate of drug-likeness (QED) is 0.670. The molecule has 0 aromatic heterocycles. The highest BCUT2D eigenvalue weighted by atomic mass is 31.2. The second kappa shape index (κ2) is 5.68. The van der Waals surface area contributed by atoms with Crippen molar-refractivity contribution in [2.24, 2.45) is 0 Å². The zero-order chi connectivity index (χ0) is 12.2. The van der Waals surface area contributed by atoms with Crippen LogP contribution in [0.1, 0.15) is 13.8 Å². The molecular weight excluding hydrogens is 231 g/mol. The third-order valence-electron chi connectivity index (χ3n) is 2.03. The molecule has 0 bridgehead atoms. The van der Waals surface area contributed by atoms with E-state index in [1.807, 2.05) is 26.5 Å². The fourth-order valence-corrected chi connectivity index (χ4v) is 2.68. The van der Waals surface area contributed by atoms with E-state index in [-0.39, 0.29) is 13.2 Å². The van der Waals surface area contributed by atoms with E-state index < -0.39 is 14.2 Å². The molecule has 0 saturated heterocycles. The summed E-state index contributed by atoms with van der Waals surface area (Å²) in [7, 11) is 0.186. The zero-order valence-corrected chi connectivity index (χ0v) is 11.0. The third kappa shape index (κ3) is 3.22. The number of hydrogen-bond acceptors (Lipinski definition) is 6. The maximum Gasteiger partial charge on any atom is 0.478 e. The highest BCUT2D eigenvalue weighted by Crippen LogP contribution is 2.51. The molecule has 0 aromatic carbocycles. The molecule has 0 fully saturated rings. The molecule has 0 atom stereocenters. The lowest BCUT2D eigenvalue weighted by atomic mass is 10.8. The Kier molecular flexibility index (Phi) is 4.80. The average Bonchev–Trinajstić information content (AvgIpc) is 2.50. The summed E-state index contributed by atoms with van der Waals surface area (Å²) >= 11 is 0. The Bertz CT molecular complexity index is 275. The van der Waals surface area contributed by atoms with Crippen molar-refractivity contribution in [3.8, 4) is 0 Å². The van der Waals surface area contributed by atoms with E-state index in [1.165, 1.54) is 0 Å². The predicted octanol–water partition coefficient (Wildman–Crippen LogP) is 1.82. The second-order valence-corrected chi connectivity index (χ2v) is 4.97. The van der Waals surface area contributed by atoms with Gasteiger partial charge in [0.1, 0.15) is 0 Å². The molecule has 0 N–H and O–H groups in total. The number of phosphoric acid groups is 1. The summed E-state index contributed by atoms with van der Waals surface area (Å²) in [4.78, 5) is 3.56. The first kappa shape index (κ1) is 13.5. The number of nitrogens with zero attached hydrogens (tertiary/aromatic N) is 2. The van der Waals surface area contributed by atoms with Crippen molar-refractivity contribution in [3.05, 3.63) is 12.4 Å².